The second kappa shape index (κ2) is 23.9. The molecule has 6 heteroatoms. The zero-order chi connectivity index (χ0) is 21.5. The van der Waals surface area contributed by atoms with Crippen molar-refractivity contribution in [3.63, 3.8) is 0 Å². The van der Waals surface area contributed by atoms with E-state index in [4.69, 9.17) is 20.4 Å². The summed E-state index contributed by atoms with van der Waals surface area (Å²) in [5, 5.41) is 33.9. The molecule has 0 bridgehead atoms. The van der Waals surface area contributed by atoms with Gasteiger partial charge in [0, 0.05) is 12.8 Å². The lowest BCUT2D eigenvalue weighted by Gasteiger charge is -2.03. The van der Waals surface area contributed by atoms with Gasteiger partial charge in [0.05, 0.1) is 0 Å². The van der Waals surface area contributed by atoms with Crippen molar-refractivity contribution in [3.05, 3.63) is 0 Å². The van der Waals surface area contributed by atoms with Crippen LogP contribution in [0, 0.1) is 0 Å². The lowest BCUT2D eigenvalue weighted by atomic mass is 10.1. The number of aliphatic hydroxyl groups excluding tert-OH is 1. The van der Waals surface area contributed by atoms with Gasteiger partial charge in [-0.1, -0.05) is 84.0 Å². The van der Waals surface area contributed by atoms with Crippen molar-refractivity contribution in [2.45, 2.75) is 129 Å². The molecular weight excluding hydrogens is 360 g/mol. The number of carbonyl (C=O) groups is 2. The molecule has 0 saturated heterocycles. The number of unbranched alkanes of at least 4 members (excludes halogenated alkanes) is 13. The highest BCUT2D eigenvalue weighted by Gasteiger charge is 1.98. The van der Waals surface area contributed by atoms with Crippen molar-refractivity contribution >= 4 is 11.9 Å². The maximum absolute atomic E-state index is 10.1. The van der Waals surface area contributed by atoms with Gasteiger partial charge >= 0.3 is 11.9 Å². The fraction of sp³-hybridized carbons (Fsp3) is 0.909. The minimum absolute atomic E-state index is 0.245. The minimum atomic E-state index is -1.10. The molecule has 0 aromatic carbocycles. The van der Waals surface area contributed by atoms with E-state index in [1.165, 1.54) is 44.9 Å². The Morgan fingerprint density at radius 3 is 1.21 bits per heavy atom. The molecule has 0 aliphatic heterocycles. The Morgan fingerprint density at radius 1 is 0.571 bits per heavy atom. The second-order valence-electron chi connectivity index (χ2n) is 7.51. The number of aliphatic carboxylic acids is 2. The molecule has 0 amide bonds. The zero-order valence-corrected chi connectivity index (χ0v) is 17.9. The molecule has 0 atom stereocenters. The molecule has 0 fully saturated rings. The summed E-state index contributed by atoms with van der Waals surface area (Å²) in [7, 11) is 0. The fourth-order valence-corrected chi connectivity index (χ4v) is 2.90. The maximum atomic E-state index is 10.1. The normalized spacial score (nSPS) is 10.6. The maximum Gasteiger partial charge on any atom is 0.303 e. The quantitative estimate of drug-likeness (QED) is 0.167. The lowest BCUT2D eigenvalue weighted by Crippen LogP contribution is -2.02. The van der Waals surface area contributed by atoms with E-state index in [0.29, 0.717) is 6.42 Å². The van der Waals surface area contributed by atoms with Crippen LogP contribution in [0.25, 0.3) is 0 Å². The van der Waals surface area contributed by atoms with Crippen LogP contribution in [-0.4, -0.2) is 38.7 Å². The van der Waals surface area contributed by atoms with Gasteiger partial charge in [-0.3, -0.25) is 9.59 Å². The van der Waals surface area contributed by atoms with Crippen molar-refractivity contribution in [2.75, 3.05) is 0 Å². The number of aliphatic hydroxyl groups is 2. The van der Waals surface area contributed by atoms with Gasteiger partial charge in [0.15, 0.2) is 6.29 Å². The van der Waals surface area contributed by atoms with Gasteiger partial charge in [-0.15, -0.1) is 0 Å². The van der Waals surface area contributed by atoms with Crippen molar-refractivity contribution < 1.29 is 30.0 Å². The van der Waals surface area contributed by atoms with Crippen LogP contribution in [0.5, 0.6) is 0 Å². The first-order valence-electron chi connectivity index (χ1n) is 11.2. The minimum Gasteiger partial charge on any atom is -0.481 e. The van der Waals surface area contributed by atoms with E-state index in [1.54, 1.807) is 0 Å². The predicted molar refractivity (Wildman–Crippen MR) is 112 cm³/mol. The van der Waals surface area contributed by atoms with Gasteiger partial charge in [-0.05, 0) is 25.7 Å². The summed E-state index contributed by atoms with van der Waals surface area (Å²) in [6, 6.07) is 0. The van der Waals surface area contributed by atoms with E-state index in [1.807, 2.05) is 0 Å². The van der Waals surface area contributed by atoms with Crippen molar-refractivity contribution in [3.8, 4) is 0 Å². The predicted octanol–water partition coefficient (Wildman–Crippen LogP) is 5.49. The lowest BCUT2D eigenvalue weighted by molar-refractivity contribution is -0.138. The molecule has 0 aliphatic carbocycles. The Balaban J connectivity index is 0. The van der Waals surface area contributed by atoms with Crippen LogP contribution in [0.3, 0.4) is 0 Å². The molecule has 0 aromatic rings. The fourth-order valence-electron chi connectivity index (χ4n) is 2.90. The van der Waals surface area contributed by atoms with Crippen LogP contribution in [0.15, 0.2) is 0 Å². The Hall–Kier alpha value is -1.14. The van der Waals surface area contributed by atoms with Gasteiger partial charge in [-0.2, -0.15) is 0 Å². The first-order chi connectivity index (χ1) is 13.4. The van der Waals surface area contributed by atoms with Crippen LogP contribution in [-0.2, 0) is 9.59 Å². The average molecular weight is 405 g/mol. The molecule has 0 rings (SSSR count). The smallest absolute Gasteiger partial charge is 0.303 e. The van der Waals surface area contributed by atoms with Crippen molar-refractivity contribution in [1.29, 1.82) is 0 Å². The summed E-state index contributed by atoms with van der Waals surface area (Å²) in [4.78, 5) is 20.3. The molecule has 168 valence electrons. The van der Waals surface area contributed by atoms with Crippen LogP contribution < -0.4 is 0 Å². The monoisotopic (exact) mass is 404 g/mol. The van der Waals surface area contributed by atoms with E-state index in [2.05, 4.69) is 6.92 Å². The van der Waals surface area contributed by atoms with Gasteiger partial charge in [0.25, 0.3) is 0 Å². The third kappa shape index (κ3) is 32.5. The first-order valence-corrected chi connectivity index (χ1v) is 11.2. The topological polar surface area (TPSA) is 115 Å². The highest BCUT2D eigenvalue weighted by molar-refractivity contribution is 5.66. The average Bonchev–Trinajstić information content (AvgIpc) is 2.62. The molecule has 0 spiro atoms. The van der Waals surface area contributed by atoms with E-state index in [0.717, 1.165) is 51.4 Å². The Bertz CT molecular complexity index is 324. The summed E-state index contributed by atoms with van der Waals surface area (Å²) < 4.78 is 0. The summed E-state index contributed by atoms with van der Waals surface area (Å²) >= 11 is 0. The van der Waals surface area contributed by atoms with Crippen LogP contribution in [0.1, 0.15) is 122 Å². The van der Waals surface area contributed by atoms with E-state index in [-0.39, 0.29) is 12.8 Å². The van der Waals surface area contributed by atoms with Crippen molar-refractivity contribution in [1.82, 2.24) is 0 Å². The molecular formula is C22H44O6. The molecule has 0 aliphatic rings. The Kier molecular flexibility index (Phi) is 24.8. The highest BCUT2D eigenvalue weighted by Crippen LogP contribution is 2.11. The first kappa shape index (κ1) is 29.1. The molecule has 4 N–H and O–H groups in total. The van der Waals surface area contributed by atoms with E-state index >= 15 is 0 Å². The third-order valence-electron chi connectivity index (χ3n) is 4.60. The van der Waals surface area contributed by atoms with Crippen LogP contribution in [0.2, 0.25) is 0 Å². The highest BCUT2D eigenvalue weighted by atomic mass is 16.5. The number of carboxylic acids is 2. The van der Waals surface area contributed by atoms with Gasteiger partial charge in [-0.25, -0.2) is 0 Å². The Morgan fingerprint density at radius 2 is 0.893 bits per heavy atom. The van der Waals surface area contributed by atoms with Crippen LogP contribution in [0.4, 0.5) is 0 Å². The zero-order valence-electron chi connectivity index (χ0n) is 17.9. The molecule has 6 nitrogen and oxygen atoms in total. The molecule has 0 heterocycles. The van der Waals surface area contributed by atoms with Crippen molar-refractivity contribution in [2.24, 2.45) is 0 Å². The summed E-state index contributed by atoms with van der Waals surface area (Å²) in [5.41, 5.74) is 0. The number of carboxylic acid groups (broad SMARTS) is 2. The van der Waals surface area contributed by atoms with Gasteiger partial charge in [0.1, 0.15) is 0 Å². The Labute approximate surface area is 171 Å². The summed E-state index contributed by atoms with van der Waals surface area (Å²) in [6.07, 6.45) is 16.7. The molecule has 28 heavy (non-hydrogen) atoms. The summed E-state index contributed by atoms with van der Waals surface area (Å²) in [5.74, 6) is -1.48. The summed E-state index contributed by atoms with van der Waals surface area (Å²) in [6.45, 7) is 2.24. The molecule has 0 unspecified atom stereocenters. The number of hydrogen-bond acceptors (Lipinski definition) is 4. The number of rotatable bonds is 19. The molecule has 0 radical (unpaired) electrons. The number of hydrogen-bond donors (Lipinski definition) is 4. The van der Waals surface area contributed by atoms with Gasteiger partial charge in [0.2, 0.25) is 0 Å². The largest absolute Gasteiger partial charge is 0.481 e. The van der Waals surface area contributed by atoms with Crippen LogP contribution >= 0.6 is 0 Å². The molecule has 0 aromatic heterocycles. The second-order valence-corrected chi connectivity index (χ2v) is 7.51. The van der Waals surface area contributed by atoms with E-state index < -0.39 is 18.2 Å². The SMILES string of the molecule is CCCCCCCCCCCC(O)O.O=C(O)CCCCCCCCC(=O)O. The standard InChI is InChI=1S/C12H26O2.C10H18O4/c1-2-3-4-5-6-7-8-9-10-11-12(13)14;11-9(12)7-5-3-1-2-4-6-8-10(13)14/h12-14H,2-11H2,1H3;1-8H2,(H,11,12)(H,13,14). The third-order valence-corrected chi connectivity index (χ3v) is 4.60. The van der Waals surface area contributed by atoms with E-state index in [9.17, 15) is 9.59 Å². The van der Waals surface area contributed by atoms with Gasteiger partial charge < -0.3 is 20.4 Å². The molecule has 0 saturated carbocycles.